The van der Waals surface area contributed by atoms with Crippen molar-refractivity contribution in [3.63, 3.8) is 0 Å². The number of amides is 1. The first-order chi connectivity index (χ1) is 13.7. The molecule has 0 bridgehead atoms. The largest absolute Gasteiger partial charge is 0.508 e. The summed E-state index contributed by atoms with van der Waals surface area (Å²) in [4.78, 5) is 25.7. The fraction of sp³-hybridized carbons (Fsp3) is 0.273. The molecule has 0 spiro atoms. The van der Waals surface area contributed by atoms with Gasteiger partial charge in [-0.15, -0.1) is 0 Å². The minimum absolute atomic E-state index is 0.0578. The van der Waals surface area contributed by atoms with Gasteiger partial charge in [0.2, 0.25) is 5.91 Å². The molecule has 1 unspecified atom stereocenters. The van der Waals surface area contributed by atoms with Crippen molar-refractivity contribution in [2.75, 3.05) is 0 Å². The maximum Gasteiger partial charge on any atom is 0.262 e. The van der Waals surface area contributed by atoms with Crippen molar-refractivity contribution < 1.29 is 14.7 Å². The molecule has 1 amide bonds. The van der Waals surface area contributed by atoms with E-state index >= 15 is 0 Å². The molecular weight excluding hydrogens is 411 g/mol. The van der Waals surface area contributed by atoms with E-state index in [9.17, 15) is 14.7 Å². The molecule has 0 aliphatic carbocycles. The van der Waals surface area contributed by atoms with E-state index in [0.29, 0.717) is 32.7 Å². The Bertz CT molecular complexity index is 1110. The summed E-state index contributed by atoms with van der Waals surface area (Å²) in [5.74, 6) is -0.350. The lowest BCUT2D eigenvalue weighted by molar-refractivity contribution is -0.121. The summed E-state index contributed by atoms with van der Waals surface area (Å²) in [6.07, 6.45) is 0.931. The van der Waals surface area contributed by atoms with Crippen LogP contribution in [0.4, 0.5) is 0 Å². The quantitative estimate of drug-likeness (QED) is 0.588. The standard InChI is InChI=1S/C22H22Cl2N2O3/c1-4-12(2)25-21(28)11-16-13(3)26(20-8-6-15(27)10-17(16)20)22(29)14-5-7-18(23)19(24)9-14/h5-10,12,27H,4,11H2,1-3H3,(H,25,28). The number of hydrogen-bond donors (Lipinski definition) is 2. The van der Waals surface area contributed by atoms with Crippen LogP contribution < -0.4 is 5.32 Å². The summed E-state index contributed by atoms with van der Waals surface area (Å²) in [6.45, 7) is 5.72. The van der Waals surface area contributed by atoms with E-state index in [-0.39, 0.29) is 35.0 Å². The summed E-state index contributed by atoms with van der Waals surface area (Å²) in [7, 11) is 0. The zero-order chi connectivity index (χ0) is 21.3. The van der Waals surface area contributed by atoms with Gasteiger partial charge in [-0.05, 0) is 62.2 Å². The summed E-state index contributed by atoms with van der Waals surface area (Å²) in [5, 5.41) is 14.2. The van der Waals surface area contributed by atoms with Crippen LogP contribution in [0.5, 0.6) is 5.75 Å². The fourth-order valence-electron chi connectivity index (χ4n) is 3.30. The van der Waals surface area contributed by atoms with Crippen LogP contribution in [-0.2, 0) is 11.2 Å². The number of halogens is 2. The van der Waals surface area contributed by atoms with Gasteiger partial charge in [0.15, 0.2) is 0 Å². The molecule has 0 aliphatic heterocycles. The molecule has 152 valence electrons. The Kier molecular flexibility index (Phi) is 6.20. The van der Waals surface area contributed by atoms with Gasteiger partial charge in [0.05, 0.1) is 22.0 Å². The molecule has 0 radical (unpaired) electrons. The number of nitrogens with zero attached hydrogens (tertiary/aromatic N) is 1. The van der Waals surface area contributed by atoms with Crippen LogP contribution in [0.15, 0.2) is 36.4 Å². The van der Waals surface area contributed by atoms with Crippen molar-refractivity contribution in [2.45, 2.75) is 39.7 Å². The smallest absolute Gasteiger partial charge is 0.262 e. The zero-order valence-electron chi connectivity index (χ0n) is 16.4. The van der Waals surface area contributed by atoms with Crippen molar-refractivity contribution in [1.82, 2.24) is 9.88 Å². The number of carbonyl (C=O) groups is 2. The molecule has 3 aromatic rings. The van der Waals surface area contributed by atoms with Crippen molar-refractivity contribution in [3.8, 4) is 5.75 Å². The molecule has 3 rings (SSSR count). The Balaban J connectivity index is 2.10. The van der Waals surface area contributed by atoms with Crippen molar-refractivity contribution in [1.29, 1.82) is 0 Å². The molecule has 0 saturated heterocycles. The first kappa shape index (κ1) is 21.2. The molecule has 7 heteroatoms. The van der Waals surface area contributed by atoms with E-state index in [2.05, 4.69) is 5.32 Å². The molecule has 1 atom stereocenters. The highest BCUT2D eigenvalue weighted by Gasteiger charge is 2.22. The molecular formula is C22H22Cl2N2O3. The lowest BCUT2D eigenvalue weighted by Gasteiger charge is -2.12. The van der Waals surface area contributed by atoms with Crippen LogP contribution in [0.3, 0.4) is 0 Å². The number of phenolic OH excluding ortho intramolecular Hbond substituents is 1. The molecule has 29 heavy (non-hydrogen) atoms. The van der Waals surface area contributed by atoms with E-state index in [1.54, 1.807) is 35.8 Å². The third-order valence-corrected chi connectivity index (χ3v) is 5.78. The number of phenols is 1. The van der Waals surface area contributed by atoms with Gasteiger partial charge in [0.1, 0.15) is 5.75 Å². The molecule has 0 saturated carbocycles. The number of rotatable bonds is 5. The third-order valence-electron chi connectivity index (χ3n) is 5.05. The van der Waals surface area contributed by atoms with E-state index in [1.807, 2.05) is 13.8 Å². The highest BCUT2D eigenvalue weighted by molar-refractivity contribution is 6.42. The van der Waals surface area contributed by atoms with Crippen LogP contribution in [0.2, 0.25) is 10.0 Å². The molecule has 1 heterocycles. The summed E-state index contributed by atoms with van der Waals surface area (Å²) >= 11 is 12.0. The van der Waals surface area contributed by atoms with Crippen LogP contribution in [-0.4, -0.2) is 27.5 Å². The zero-order valence-corrected chi connectivity index (χ0v) is 17.9. The molecule has 0 fully saturated rings. The second-order valence-electron chi connectivity index (χ2n) is 7.09. The minimum Gasteiger partial charge on any atom is -0.508 e. The highest BCUT2D eigenvalue weighted by atomic mass is 35.5. The number of aromatic hydroxyl groups is 1. The topological polar surface area (TPSA) is 71.3 Å². The van der Waals surface area contributed by atoms with Crippen LogP contribution in [0, 0.1) is 6.92 Å². The van der Waals surface area contributed by atoms with Crippen molar-refractivity contribution in [2.24, 2.45) is 0 Å². The SMILES string of the molecule is CCC(C)NC(=O)Cc1c(C)n(C(=O)c2ccc(Cl)c(Cl)c2)c2ccc(O)cc12. The lowest BCUT2D eigenvalue weighted by atomic mass is 10.1. The predicted molar refractivity (Wildman–Crippen MR) is 116 cm³/mol. The Hall–Kier alpha value is -2.50. The van der Waals surface area contributed by atoms with E-state index in [0.717, 1.165) is 6.42 Å². The molecule has 1 aromatic heterocycles. The van der Waals surface area contributed by atoms with Gasteiger partial charge in [0, 0.05) is 22.7 Å². The van der Waals surface area contributed by atoms with E-state index in [1.165, 1.54) is 12.1 Å². The van der Waals surface area contributed by atoms with Crippen molar-refractivity contribution in [3.05, 3.63) is 63.3 Å². The molecule has 2 aromatic carbocycles. The minimum atomic E-state index is -0.287. The Morgan fingerprint density at radius 1 is 1.14 bits per heavy atom. The van der Waals surface area contributed by atoms with Crippen molar-refractivity contribution >= 4 is 45.9 Å². The second kappa shape index (κ2) is 8.47. The monoisotopic (exact) mass is 432 g/mol. The third kappa shape index (κ3) is 4.26. The molecule has 5 nitrogen and oxygen atoms in total. The van der Waals surface area contributed by atoms with Gasteiger partial charge >= 0.3 is 0 Å². The van der Waals surface area contributed by atoms with Crippen LogP contribution in [0.25, 0.3) is 10.9 Å². The van der Waals surface area contributed by atoms with Crippen LogP contribution >= 0.6 is 23.2 Å². The Morgan fingerprint density at radius 2 is 1.86 bits per heavy atom. The Labute approximate surface area is 179 Å². The van der Waals surface area contributed by atoms with Crippen LogP contribution in [0.1, 0.15) is 41.9 Å². The number of fused-ring (bicyclic) bond motifs is 1. The van der Waals surface area contributed by atoms with Gasteiger partial charge < -0.3 is 10.4 Å². The average Bonchev–Trinajstić information content (AvgIpc) is 2.94. The second-order valence-corrected chi connectivity index (χ2v) is 7.90. The van der Waals surface area contributed by atoms with Gasteiger partial charge in [-0.1, -0.05) is 30.1 Å². The number of hydrogen-bond acceptors (Lipinski definition) is 3. The number of nitrogens with one attached hydrogen (secondary N) is 1. The van der Waals surface area contributed by atoms with Gasteiger partial charge in [-0.3, -0.25) is 14.2 Å². The summed E-state index contributed by atoms with van der Waals surface area (Å²) in [5.41, 5.74) is 2.33. The predicted octanol–water partition coefficient (Wildman–Crippen LogP) is 5.11. The maximum absolute atomic E-state index is 13.3. The number of aromatic nitrogens is 1. The normalized spacial score (nSPS) is 12.2. The Morgan fingerprint density at radius 3 is 2.52 bits per heavy atom. The summed E-state index contributed by atoms with van der Waals surface area (Å²) in [6, 6.07) is 9.52. The lowest BCUT2D eigenvalue weighted by Crippen LogP contribution is -2.33. The molecule has 0 aliphatic rings. The first-order valence-corrected chi connectivity index (χ1v) is 10.1. The molecule has 2 N–H and O–H groups in total. The number of carbonyl (C=O) groups excluding carboxylic acids is 2. The van der Waals surface area contributed by atoms with Gasteiger partial charge in [0.25, 0.3) is 5.91 Å². The maximum atomic E-state index is 13.3. The van der Waals surface area contributed by atoms with E-state index in [4.69, 9.17) is 23.2 Å². The average molecular weight is 433 g/mol. The fourth-order valence-corrected chi connectivity index (χ4v) is 3.60. The summed E-state index contributed by atoms with van der Waals surface area (Å²) < 4.78 is 1.54. The van der Waals surface area contributed by atoms with Gasteiger partial charge in [-0.2, -0.15) is 0 Å². The first-order valence-electron chi connectivity index (χ1n) is 9.35. The van der Waals surface area contributed by atoms with E-state index < -0.39 is 0 Å². The highest BCUT2D eigenvalue weighted by Crippen LogP contribution is 2.31. The number of benzene rings is 2. The van der Waals surface area contributed by atoms with Gasteiger partial charge in [-0.25, -0.2) is 0 Å².